The van der Waals surface area contributed by atoms with Crippen molar-refractivity contribution in [2.75, 3.05) is 45.9 Å². The fourth-order valence-corrected chi connectivity index (χ4v) is 6.11. The van der Waals surface area contributed by atoms with E-state index in [9.17, 15) is 19.2 Å². The SMILES string of the molecule is CCC(CCN1CC(=O)NC1=O)CC(C)(C)CCCCOCCCCC(C)(C)CCCCN1C(=O)CN(CC)C1=O. The highest BCUT2D eigenvalue weighted by molar-refractivity contribution is 6.02. The second-order valence-corrected chi connectivity index (χ2v) is 13.7. The molecule has 2 saturated heterocycles. The van der Waals surface area contributed by atoms with Gasteiger partial charge >= 0.3 is 12.1 Å². The number of nitrogens with zero attached hydrogens (tertiary/aromatic N) is 3. The van der Waals surface area contributed by atoms with Gasteiger partial charge in [-0.2, -0.15) is 0 Å². The first kappa shape index (κ1) is 35.0. The molecule has 41 heavy (non-hydrogen) atoms. The van der Waals surface area contributed by atoms with Gasteiger partial charge in [-0.05, 0) is 75.0 Å². The van der Waals surface area contributed by atoms with Crippen LogP contribution in [-0.4, -0.2) is 84.5 Å². The van der Waals surface area contributed by atoms with E-state index < -0.39 is 0 Å². The van der Waals surface area contributed by atoms with Crippen LogP contribution in [0.25, 0.3) is 0 Å². The van der Waals surface area contributed by atoms with Crippen molar-refractivity contribution < 1.29 is 23.9 Å². The Morgan fingerprint density at radius 3 is 1.93 bits per heavy atom. The summed E-state index contributed by atoms with van der Waals surface area (Å²) in [5.74, 6) is 0.295. The van der Waals surface area contributed by atoms with E-state index in [4.69, 9.17) is 4.74 Å². The van der Waals surface area contributed by atoms with Gasteiger partial charge in [0.15, 0.2) is 0 Å². The number of imide groups is 2. The lowest BCUT2D eigenvalue weighted by Crippen LogP contribution is -2.33. The van der Waals surface area contributed by atoms with Crippen LogP contribution in [0.1, 0.15) is 119 Å². The third kappa shape index (κ3) is 12.7. The molecule has 0 bridgehead atoms. The van der Waals surface area contributed by atoms with Gasteiger partial charge in [0.25, 0.3) is 0 Å². The summed E-state index contributed by atoms with van der Waals surface area (Å²) in [6.07, 6.45) is 13.0. The second-order valence-electron chi connectivity index (χ2n) is 13.7. The smallest absolute Gasteiger partial charge is 0.327 e. The van der Waals surface area contributed by atoms with Gasteiger partial charge in [0.2, 0.25) is 11.8 Å². The second kappa shape index (κ2) is 17.1. The molecule has 2 aliphatic rings. The van der Waals surface area contributed by atoms with Crippen LogP contribution in [-0.2, 0) is 14.3 Å². The number of hydrogen-bond donors (Lipinski definition) is 1. The number of rotatable bonds is 22. The summed E-state index contributed by atoms with van der Waals surface area (Å²) < 4.78 is 5.93. The average molecular weight is 579 g/mol. The molecule has 1 N–H and O–H groups in total. The van der Waals surface area contributed by atoms with Gasteiger partial charge < -0.3 is 14.5 Å². The number of unbranched alkanes of at least 4 members (excludes halogenated alkanes) is 3. The maximum Gasteiger partial charge on any atom is 0.327 e. The van der Waals surface area contributed by atoms with Crippen LogP contribution in [0.15, 0.2) is 0 Å². The molecule has 2 aliphatic heterocycles. The molecule has 236 valence electrons. The van der Waals surface area contributed by atoms with Crippen molar-refractivity contribution in [3.05, 3.63) is 0 Å². The molecular formula is C32H58N4O5. The first-order valence-electron chi connectivity index (χ1n) is 16.1. The maximum absolute atomic E-state index is 12.2. The molecule has 1 unspecified atom stereocenters. The molecule has 0 aliphatic carbocycles. The number of carbonyl (C=O) groups is 4. The lowest BCUT2D eigenvalue weighted by atomic mass is 9.77. The van der Waals surface area contributed by atoms with Crippen LogP contribution < -0.4 is 5.32 Å². The highest BCUT2D eigenvalue weighted by Crippen LogP contribution is 2.34. The van der Waals surface area contributed by atoms with Gasteiger partial charge in [0.05, 0.1) is 0 Å². The Hall–Kier alpha value is -2.16. The van der Waals surface area contributed by atoms with Crippen molar-refractivity contribution >= 4 is 23.9 Å². The molecule has 0 aromatic rings. The fraction of sp³-hybridized carbons (Fsp3) is 0.875. The molecule has 9 nitrogen and oxygen atoms in total. The normalized spacial score (nSPS) is 17.3. The third-order valence-corrected chi connectivity index (χ3v) is 8.87. The Balaban J connectivity index is 1.47. The topological polar surface area (TPSA) is 99.3 Å². The number of ether oxygens (including phenoxy) is 1. The van der Waals surface area contributed by atoms with Crippen molar-refractivity contribution in [3.63, 3.8) is 0 Å². The zero-order valence-corrected chi connectivity index (χ0v) is 26.9. The number of carbonyl (C=O) groups excluding carboxylic acids is 4. The largest absolute Gasteiger partial charge is 0.381 e. The van der Waals surface area contributed by atoms with Crippen LogP contribution in [0.4, 0.5) is 9.59 Å². The van der Waals surface area contributed by atoms with Crippen LogP contribution in [0.3, 0.4) is 0 Å². The van der Waals surface area contributed by atoms with E-state index in [0.29, 0.717) is 25.6 Å². The van der Waals surface area contributed by atoms with Gasteiger partial charge in [-0.3, -0.25) is 19.8 Å². The lowest BCUT2D eigenvalue weighted by molar-refractivity contribution is -0.125. The van der Waals surface area contributed by atoms with E-state index in [0.717, 1.165) is 83.8 Å². The van der Waals surface area contributed by atoms with E-state index in [-0.39, 0.29) is 47.8 Å². The lowest BCUT2D eigenvalue weighted by Gasteiger charge is -2.30. The minimum absolute atomic E-state index is 0.0634. The molecule has 1 atom stereocenters. The van der Waals surface area contributed by atoms with E-state index in [1.165, 1.54) is 11.3 Å². The van der Waals surface area contributed by atoms with Crippen LogP contribution in [0, 0.1) is 16.7 Å². The van der Waals surface area contributed by atoms with Crippen molar-refractivity contribution in [1.29, 1.82) is 0 Å². The standard InChI is InChI=1S/C32H58N4O5/c1-7-26(15-20-35-24-27(37)33-29(35)39)23-32(5,6)18-11-14-22-41-21-13-10-17-31(3,4)16-9-12-19-36-28(38)25-34(8-2)30(36)40/h26H,7-25H2,1-6H3,(H,33,37,39). The Bertz CT molecular complexity index is 859. The van der Waals surface area contributed by atoms with Gasteiger partial charge in [-0.25, -0.2) is 9.59 Å². The molecule has 9 heteroatoms. The predicted molar refractivity (Wildman–Crippen MR) is 162 cm³/mol. The summed E-state index contributed by atoms with van der Waals surface area (Å²) in [4.78, 5) is 52.1. The highest BCUT2D eigenvalue weighted by atomic mass is 16.5. The van der Waals surface area contributed by atoms with Gasteiger partial charge in [-0.15, -0.1) is 0 Å². The summed E-state index contributed by atoms with van der Waals surface area (Å²) >= 11 is 0. The zero-order chi connectivity index (χ0) is 30.5. The Morgan fingerprint density at radius 2 is 1.39 bits per heavy atom. The minimum atomic E-state index is -0.251. The van der Waals surface area contributed by atoms with Crippen LogP contribution in [0.5, 0.6) is 0 Å². The molecule has 2 heterocycles. The summed E-state index contributed by atoms with van der Waals surface area (Å²) in [7, 11) is 0. The van der Waals surface area contributed by atoms with E-state index in [2.05, 4.69) is 39.9 Å². The Kier molecular flexibility index (Phi) is 14.6. The molecule has 2 rings (SSSR count). The Labute approximate surface area is 249 Å². The van der Waals surface area contributed by atoms with Gasteiger partial charge in [-0.1, -0.05) is 60.3 Å². The van der Waals surface area contributed by atoms with E-state index >= 15 is 0 Å². The molecule has 2 fully saturated rings. The molecule has 0 aromatic carbocycles. The number of likely N-dealkylation sites (N-methyl/N-ethyl adjacent to an activating group) is 1. The molecule has 0 saturated carbocycles. The molecule has 0 radical (unpaired) electrons. The number of hydrogen-bond acceptors (Lipinski definition) is 5. The van der Waals surface area contributed by atoms with E-state index in [1.807, 2.05) is 6.92 Å². The Morgan fingerprint density at radius 1 is 0.780 bits per heavy atom. The first-order chi connectivity index (χ1) is 19.4. The molecular weight excluding hydrogens is 520 g/mol. The third-order valence-electron chi connectivity index (χ3n) is 8.87. The molecule has 0 spiro atoms. The summed E-state index contributed by atoms with van der Waals surface area (Å²) in [5, 5.41) is 2.36. The summed E-state index contributed by atoms with van der Waals surface area (Å²) in [6, 6.07) is -0.383. The van der Waals surface area contributed by atoms with Gasteiger partial charge in [0.1, 0.15) is 13.1 Å². The maximum atomic E-state index is 12.2. The highest BCUT2D eigenvalue weighted by Gasteiger charge is 2.34. The van der Waals surface area contributed by atoms with Crippen LogP contribution >= 0.6 is 0 Å². The van der Waals surface area contributed by atoms with Gasteiger partial charge in [0, 0.05) is 32.8 Å². The minimum Gasteiger partial charge on any atom is -0.381 e. The van der Waals surface area contributed by atoms with Crippen molar-refractivity contribution in [2.45, 2.75) is 119 Å². The van der Waals surface area contributed by atoms with Crippen molar-refractivity contribution in [3.8, 4) is 0 Å². The van der Waals surface area contributed by atoms with Crippen LogP contribution in [0.2, 0.25) is 0 Å². The van der Waals surface area contributed by atoms with Crippen molar-refractivity contribution in [2.24, 2.45) is 16.7 Å². The summed E-state index contributed by atoms with van der Waals surface area (Å²) in [6.45, 7) is 17.3. The zero-order valence-electron chi connectivity index (χ0n) is 26.9. The van der Waals surface area contributed by atoms with Crippen molar-refractivity contribution in [1.82, 2.24) is 20.0 Å². The number of nitrogens with one attached hydrogen (secondary N) is 1. The monoisotopic (exact) mass is 578 g/mol. The molecule has 0 aromatic heterocycles. The fourth-order valence-electron chi connectivity index (χ4n) is 6.11. The predicted octanol–water partition coefficient (Wildman–Crippen LogP) is 6.21. The first-order valence-corrected chi connectivity index (χ1v) is 16.1. The average Bonchev–Trinajstić information content (AvgIpc) is 3.38. The number of urea groups is 2. The molecule has 6 amide bonds. The number of amides is 6. The van der Waals surface area contributed by atoms with E-state index in [1.54, 1.807) is 9.80 Å². The quantitative estimate of drug-likeness (QED) is 0.122. The summed E-state index contributed by atoms with van der Waals surface area (Å²) in [5.41, 5.74) is 0.513.